The number of benzene rings is 3. The summed E-state index contributed by atoms with van der Waals surface area (Å²) in [5.41, 5.74) is 5.18. The Morgan fingerprint density at radius 3 is 2.64 bits per heavy atom. The Morgan fingerprint density at radius 2 is 1.79 bits per heavy atom. The van der Waals surface area contributed by atoms with Crippen LogP contribution in [0.5, 0.6) is 0 Å². The number of carbonyl (C=O) groups is 2. The maximum absolute atomic E-state index is 13.3. The first-order chi connectivity index (χ1) is 16.1. The summed E-state index contributed by atoms with van der Waals surface area (Å²) in [5.74, 6) is -0.172. The Labute approximate surface area is 192 Å². The quantitative estimate of drug-likeness (QED) is 0.500. The van der Waals surface area contributed by atoms with E-state index in [2.05, 4.69) is 34.7 Å². The first kappa shape index (κ1) is 20.9. The molecule has 0 spiro atoms. The maximum atomic E-state index is 13.3. The third-order valence-corrected chi connectivity index (χ3v) is 6.32. The van der Waals surface area contributed by atoms with Gasteiger partial charge >= 0.3 is 0 Å². The summed E-state index contributed by atoms with van der Waals surface area (Å²) in [6.45, 7) is 0.647. The Morgan fingerprint density at radius 1 is 1.00 bits per heavy atom. The van der Waals surface area contributed by atoms with E-state index in [0.717, 1.165) is 28.5 Å². The molecule has 1 atom stereocenters. The van der Waals surface area contributed by atoms with Crippen molar-refractivity contribution in [1.29, 1.82) is 0 Å². The number of hydrogen-bond donors (Lipinski definition) is 1. The van der Waals surface area contributed by atoms with Crippen LogP contribution in [0.25, 0.3) is 10.9 Å². The lowest BCUT2D eigenvalue weighted by Gasteiger charge is -2.38. The molecular weight excluding hydrogens is 412 g/mol. The fourth-order valence-corrected chi connectivity index (χ4v) is 4.64. The average molecular weight is 439 g/mol. The van der Waals surface area contributed by atoms with Crippen molar-refractivity contribution in [2.45, 2.75) is 25.3 Å². The summed E-state index contributed by atoms with van der Waals surface area (Å²) in [6, 6.07) is 24.0. The summed E-state index contributed by atoms with van der Waals surface area (Å²) in [4.78, 5) is 27.8. The standard InChI is InChI=1S/C27H26N4O2/c1-30-24-17-22(12-11-21(24)18-28-30)29-25(32)13-14-26(33)31-16-15-19-7-5-6-10-23(19)27(31)20-8-3-2-4-9-20/h2-12,17-18,27H,13-16H2,1H3,(H,29,32)/t27-/m1/s1. The van der Waals surface area contributed by atoms with Gasteiger partial charge < -0.3 is 10.2 Å². The molecule has 1 aromatic heterocycles. The van der Waals surface area contributed by atoms with Gasteiger partial charge in [0.05, 0.1) is 17.8 Å². The molecule has 4 aromatic rings. The molecule has 2 heterocycles. The molecule has 2 amide bonds. The van der Waals surface area contributed by atoms with Crippen LogP contribution in [0.1, 0.15) is 35.6 Å². The van der Waals surface area contributed by atoms with Crippen molar-refractivity contribution in [2.75, 3.05) is 11.9 Å². The Hall–Kier alpha value is -3.93. The van der Waals surface area contributed by atoms with E-state index >= 15 is 0 Å². The molecular formula is C27H26N4O2. The largest absolute Gasteiger partial charge is 0.331 e. The number of carbonyl (C=O) groups excluding carboxylic acids is 2. The van der Waals surface area contributed by atoms with Crippen LogP contribution in [0.15, 0.2) is 79.0 Å². The predicted molar refractivity (Wildman–Crippen MR) is 129 cm³/mol. The van der Waals surface area contributed by atoms with Gasteiger partial charge in [-0.1, -0.05) is 54.6 Å². The van der Waals surface area contributed by atoms with E-state index < -0.39 is 0 Å². The Balaban J connectivity index is 1.29. The van der Waals surface area contributed by atoms with E-state index in [1.54, 1.807) is 10.9 Å². The molecule has 0 unspecified atom stereocenters. The van der Waals surface area contributed by atoms with Crippen molar-refractivity contribution in [3.8, 4) is 0 Å². The van der Waals surface area contributed by atoms with Crippen LogP contribution >= 0.6 is 0 Å². The van der Waals surface area contributed by atoms with E-state index in [1.807, 2.05) is 60.5 Å². The highest BCUT2D eigenvalue weighted by Crippen LogP contribution is 2.35. The molecule has 0 saturated heterocycles. The van der Waals surface area contributed by atoms with Crippen LogP contribution in [0, 0.1) is 0 Å². The lowest BCUT2D eigenvalue weighted by molar-refractivity contribution is -0.134. The third kappa shape index (κ3) is 4.24. The first-order valence-corrected chi connectivity index (χ1v) is 11.2. The zero-order valence-corrected chi connectivity index (χ0v) is 18.6. The second kappa shape index (κ2) is 8.90. The number of hydrogen-bond acceptors (Lipinski definition) is 3. The lowest BCUT2D eigenvalue weighted by Crippen LogP contribution is -2.40. The van der Waals surface area contributed by atoms with Gasteiger partial charge in [-0.25, -0.2) is 0 Å². The third-order valence-electron chi connectivity index (χ3n) is 6.32. The van der Waals surface area contributed by atoms with E-state index in [1.165, 1.54) is 5.56 Å². The summed E-state index contributed by atoms with van der Waals surface area (Å²) in [5, 5.41) is 8.16. The van der Waals surface area contributed by atoms with Crippen LogP contribution in [-0.4, -0.2) is 33.0 Å². The van der Waals surface area contributed by atoms with Gasteiger partial charge in [0.1, 0.15) is 0 Å². The van der Waals surface area contributed by atoms with Gasteiger partial charge in [0, 0.05) is 37.5 Å². The number of aromatic nitrogens is 2. The maximum Gasteiger partial charge on any atom is 0.224 e. The minimum atomic E-state index is -0.168. The van der Waals surface area contributed by atoms with Gasteiger partial charge in [-0.05, 0) is 41.3 Å². The van der Waals surface area contributed by atoms with Crippen molar-refractivity contribution in [2.24, 2.45) is 7.05 Å². The molecule has 166 valence electrons. The van der Waals surface area contributed by atoms with Gasteiger partial charge in [-0.2, -0.15) is 5.10 Å². The molecule has 6 nitrogen and oxygen atoms in total. The topological polar surface area (TPSA) is 67.2 Å². The van der Waals surface area contributed by atoms with Gasteiger partial charge in [-0.15, -0.1) is 0 Å². The van der Waals surface area contributed by atoms with Gasteiger partial charge in [0.2, 0.25) is 11.8 Å². The smallest absolute Gasteiger partial charge is 0.224 e. The number of fused-ring (bicyclic) bond motifs is 2. The predicted octanol–water partition coefficient (Wildman–Crippen LogP) is 4.47. The highest BCUT2D eigenvalue weighted by Gasteiger charge is 2.31. The van der Waals surface area contributed by atoms with E-state index in [4.69, 9.17) is 0 Å². The zero-order valence-electron chi connectivity index (χ0n) is 18.6. The lowest BCUT2D eigenvalue weighted by atomic mass is 9.88. The van der Waals surface area contributed by atoms with Crippen LogP contribution in [0.3, 0.4) is 0 Å². The van der Waals surface area contributed by atoms with Crippen molar-refractivity contribution >= 4 is 28.4 Å². The Bertz CT molecular complexity index is 1310. The molecule has 0 saturated carbocycles. The van der Waals surface area contributed by atoms with Gasteiger partial charge in [0.25, 0.3) is 0 Å². The van der Waals surface area contributed by atoms with Crippen molar-refractivity contribution in [1.82, 2.24) is 14.7 Å². The van der Waals surface area contributed by atoms with Gasteiger partial charge in [0.15, 0.2) is 0 Å². The van der Waals surface area contributed by atoms with Crippen molar-refractivity contribution in [3.63, 3.8) is 0 Å². The van der Waals surface area contributed by atoms with E-state index in [9.17, 15) is 9.59 Å². The van der Waals surface area contributed by atoms with Crippen LogP contribution in [0.4, 0.5) is 5.69 Å². The normalized spacial score (nSPS) is 15.3. The minimum Gasteiger partial charge on any atom is -0.331 e. The van der Waals surface area contributed by atoms with Crippen molar-refractivity contribution < 1.29 is 9.59 Å². The fourth-order valence-electron chi connectivity index (χ4n) is 4.64. The molecule has 6 heteroatoms. The van der Waals surface area contributed by atoms with E-state index in [0.29, 0.717) is 12.2 Å². The monoisotopic (exact) mass is 438 g/mol. The molecule has 0 aliphatic carbocycles. The number of nitrogens with one attached hydrogen (secondary N) is 1. The minimum absolute atomic E-state index is 0.00408. The molecule has 5 rings (SSSR count). The molecule has 0 bridgehead atoms. The molecule has 3 aromatic carbocycles. The summed E-state index contributed by atoms with van der Waals surface area (Å²) in [6.07, 6.45) is 2.93. The number of rotatable bonds is 5. The number of amides is 2. The first-order valence-electron chi connectivity index (χ1n) is 11.2. The number of aryl methyl sites for hydroxylation is 1. The average Bonchev–Trinajstić information content (AvgIpc) is 3.22. The Kier molecular flexibility index (Phi) is 5.65. The van der Waals surface area contributed by atoms with Crippen LogP contribution in [-0.2, 0) is 23.1 Å². The number of nitrogens with zero attached hydrogens (tertiary/aromatic N) is 3. The van der Waals surface area contributed by atoms with E-state index in [-0.39, 0.29) is 30.7 Å². The highest BCUT2D eigenvalue weighted by atomic mass is 16.2. The van der Waals surface area contributed by atoms with Crippen LogP contribution < -0.4 is 5.32 Å². The molecule has 1 aliphatic rings. The molecule has 1 aliphatic heterocycles. The van der Waals surface area contributed by atoms with Gasteiger partial charge in [-0.3, -0.25) is 14.3 Å². The molecule has 0 radical (unpaired) electrons. The second-order valence-corrected chi connectivity index (χ2v) is 8.44. The van der Waals surface area contributed by atoms with Crippen LogP contribution in [0.2, 0.25) is 0 Å². The SMILES string of the molecule is Cn1ncc2ccc(NC(=O)CCC(=O)N3CCc4ccccc4[C@H]3c3ccccc3)cc21. The highest BCUT2D eigenvalue weighted by molar-refractivity contribution is 5.95. The molecule has 0 fully saturated rings. The number of anilines is 1. The zero-order chi connectivity index (χ0) is 22.8. The molecule has 1 N–H and O–H groups in total. The molecule has 33 heavy (non-hydrogen) atoms. The summed E-state index contributed by atoms with van der Waals surface area (Å²) in [7, 11) is 1.87. The summed E-state index contributed by atoms with van der Waals surface area (Å²) >= 11 is 0. The second-order valence-electron chi connectivity index (χ2n) is 8.44. The fraction of sp³-hybridized carbons (Fsp3) is 0.222. The van der Waals surface area contributed by atoms with Crippen molar-refractivity contribution in [3.05, 3.63) is 95.7 Å². The summed E-state index contributed by atoms with van der Waals surface area (Å²) < 4.78 is 1.77.